The van der Waals surface area contributed by atoms with Crippen LogP contribution in [0.3, 0.4) is 0 Å². The summed E-state index contributed by atoms with van der Waals surface area (Å²) < 4.78 is 0. The lowest BCUT2D eigenvalue weighted by Crippen LogP contribution is -2.30. The Bertz CT molecular complexity index is 425. The van der Waals surface area contributed by atoms with Crippen molar-refractivity contribution in [3.05, 3.63) is 29.8 Å². The number of nitrogens with one attached hydrogen (secondary N) is 1. The van der Waals surface area contributed by atoms with Crippen molar-refractivity contribution in [3.8, 4) is 0 Å². The number of hydrogen-bond donors (Lipinski definition) is 1. The maximum atomic E-state index is 12.2. The van der Waals surface area contributed by atoms with E-state index >= 15 is 0 Å². The Morgan fingerprint density at radius 2 is 2.11 bits per heavy atom. The van der Waals surface area contributed by atoms with Gasteiger partial charge in [-0.25, -0.2) is 0 Å². The van der Waals surface area contributed by atoms with Crippen molar-refractivity contribution in [2.45, 2.75) is 32.6 Å². The molecule has 1 aliphatic rings. The standard InChI is InChI=1S/C16H24N2O/c1-13-4-3-5-15(12-13)18(2)16(19)7-6-14-8-10-17-11-9-14/h3-5,12,14,17H,6-11H2,1-2H3. The van der Waals surface area contributed by atoms with Gasteiger partial charge in [-0.2, -0.15) is 0 Å². The molecule has 19 heavy (non-hydrogen) atoms. The topological polar surface area (TPSA) is 32.3 Å². The van der Waals surface area contributed by atoms with Gasteiger partial charge in [0.05, 0.1) is 0 Å². The van der Waals surface area contributed by atoms with Crippen LogP contribution in [0.1, 0.15) is 31.2 Å². The fourth-order valence-electron chi connectivity index (χ4n) is 2.65. The van der Waals surface area contributed by atoms with Crippen LogP contribution in [0.25, 0.3) is 0 Å². The number of rotatable bonds is 4. The minimum atomic E-state index is 0.226. The molecule has 0 radical (unpaired) electrons. The largest absolute Gasteiger partial charge is 0.317 e. The Balaban J connectivity index is 1.85. The number of piperidine rings is 1. The fourth-order valence-corrected chi connectivity index (χ4v) is 2.65. The third-order valence-corrected chi connectivity index (χ3v) is 3.99. The first-order chi connectivity index (χ1) is 9.16. The van der Waals surface area contributed by atoms with Crippen molar-refractivity contribution < 1.29 is 4.79 Å². The van der Waals surface area contributed by atoms with E-state index in [1.807, 2.05) is 19.2 Å². The number of hydrogen-bond acceptors (Lipinski definition) is 2. The molecule has 1 amide bonds. The van der Waals surface area contributed by atoms with Gasteiger partial charge in [0.25, 0.3) is 0 Å². The fraction of sp³-hybridized carbons (Fsp3) is 0.562. The molecule has 0 saturated carbocycles. The molecule has 1 fully saturated rings. The Labute approximate surface area is 116 Å². The number of nitrogens with zero attached hydrogens (tertiary/aromatic N) is 1. The second-order valence-electron chi connectivity index (χ2n) is 5.52. The summed E-state index contributed by atoms with van der Waals surface area (Å²) in [6.07, 6.45) is 4.11. The maximum absolute atomic E-state index is 12.2. The predicted octanol–water partition coefficient (Wildman–Crippen LogP) is 2.74. The SMILES string of the molecule is Cc1cccc(N(C)C(=O)CCC2CCNCC2)c1. The summed E-state index contributed by atoms with van der Waals surface area (Å²) in [5, 5.41) is 3.36. The number of aryl methyl sites for hydroxylation is 1. The Hall–Kier alpha value is -1.35. The first-order valence-electron chi connectivity index (χ1n) is 7.21. The molecule has 1 aromatic rings. The van der Waals surface area contributed by atoms with Crippen molar-refractivity contribution in [1.82, 2.24) is 5.32 Å². The molecule has 0 atom stereocenters. The van der Waals surface area contributed by atoms with Crippen LogP contribution in [0, 0.1) is 12.8 Å². The van der Waals surface area contributed by atoms with E-state index in [0.717, 1.165) is 31.1 Å². The molecule has 0 bridgehead atoms. The van der Waals surface area contributed by atoms with Crippen molar-refractivity contribution in [3.63, 3.8) is 0 Å². The average molecular weight is 260 g/mol. The number of anilines is 1. The lowest BCUT2D eigenvalue weighted by molar-refractivity contribution is -0.118. The molecule has 3 nitrogen and oxygen atoms in total. The molecule has 104 valence electrons. The van der Waals surface area contributed by atoms with E-state index in [4.69, 9.17) is 0 Å². The van der Waals surface area contributed by atoms with Gasteiger partial charge >= 0.3 is 0 Å². The summed E-state index contributed by atoms with van der Waals surface area (Å²) in [5.41, 5.74) is 2.19. The van der Waals surface area contributed by atoms with E-state index in [1.165, 1.54) is 18.4 Å². The zero-order chi connectivity index (χ0) is 13.7. The number of carbonyl (C=O) groups is 1. The molecule has 1 heterocycles. The molecule has 2 rings (SSSR count). The molecule has 1 aliphatic heterocycles. The molecule has 1 N–H and O–H groups in total. The van der Waals surface area contributed by atoms with Crippen molar-refractivity contribution >= 4 is 11.6 Å². The van der Waals surface area contributed by atoms with Crippen LogP contribution in [0.2, 0.25) is 0 Å². The minimum Gasteiger partial charge on any atom is -0.317 e. The van der Waals surface area contributed by atoms with Gasteiger partial charge in [0.1, 0.15) is 0 Å². The summed E-state index contributed by atoms with van der Waals surface area (Å²) in [6, 6.07) is 8.11. The highest BCUT2D eigenvalue weighted by molar-refractivity contribution is 5.92. The zero-order valence-electron chi connectivity index (χ0n) is 12.0. The molecule has 0 aromatic heterocycles. The highest BCUT2D eigenvalue weighted by Crippen LogP contribution is 2.20. The second kappa shape index (κ2) is 6.71. The van der Waals surface area contributed by atoms with E-state index in [2.05, 4.69) is 24.4 Å². The van der Waals surface area contributed by atoms with E-state index in [-0.39, 0.29) is 5.91 Å². The van der Waals surface area contributed by atoms with Crippen LogP contribution in [0.15, 0.2) is 24.3 Å². The predicted molar refractivity (Wildman–Crippen MR) is 79.4 cm³/mol. The van der Waals surface area contributed by atoms with Gasteiger partial charge in [-0.15, -0.1) is 0 Å². The van der Waals surface area contributed by atoms with Crippen LogP contribution < -0.4 is 10.2 Å². The maximum Gasteiger partial charge on any atom is 0.226 e. The van der Waals surface area contributed by atoms with E-state index in [0.29, 0.717) is 6.42 Å². The highest BCUT2D eigenvalue weighted by Gasteiger charge is 2.16. The van der Waals surface area contributed by atoms with E-state index in [9.17, 15) is 4.79 Å². The van der Waals surface area contributed by atoms with E-state index < -0.39 is 0 Å². The Kier molecular flexibility index (Phi) is 4.97. The second-order valence-corrected chi connectivity index (χ2v) is 5.52. The van der Waals surface area contributed by atoms with Crippen LogP contribution in [0.4, 0.5) is 5.69 Å². The van der Waals surface area contributed by atoms with Gasteiger partial charge in [-0.3, -0.25) is 4.79 Å². The van der Waals surface area contributed by atoms with Gasteiger partial charge in [-0.05, 0) is 62.9 Å². The van der Waals surface area contributed by atoms with E-state index in [1.54, 1.807) is 4.90 Å². The summed E-state index contributed by atoms with van der Waals surface area (Å²) in [7, 11) is 1.87. The molecule has 0 aliphatic carbocycles. The molecular weight excluding hydrogens is 236 g/mol. The lowest BCUT2D eigenvalue weighted by atomic mass is 9.93. The van der Waals surface area contributed by atoms with Crippen LogP contribution in [-0.4, -0.2) is 26.0 Å². The van der Waals surface area contributed by atoms with Crippen LogP contribution in [0.5, 0.6) is 0 Å². The average Bonchev–Trinajstić information content (AvgIpc) is 2.45. The summed E-state index contributed by atoms with van der Waals surface area (Å²) in [5.74, 6) is 0.945. The minimum absolute atomic E-state index is 0.226. The lowest BCUT2D eigenvalue weighted by Gasteiger charge is -2.23. The molecule has 1 saturated heterocycles. The van der Waals surface area contributed by atoms with Crippen LogP contribution >= 0.6 is 0 Å². The summed E-state index contributed by atoms with van der Waals surface area (Å²) in [6.45, 7) is 4.26. The van der Waals surface area contributed by atoms with Gasteiger partial charge in [-0.1, -0.05) is 12.1 Å². The monoisotopic (exact) mass is 260 g/mol. The first-order valence-corrected chi connectivity index (χ1v) is 7.21. The Morgan fingerprint density at radius 3 is 2.79 bits per heavy atom. The third kappa shape index (κ3) is 4.06. The Morgan fingerprint density at radius 1 is 1.37 bits per heavy atom. The van der Waals surface area contributed by atoms with Crippen molar-refractivity contribution in [2.75, 3.05) is 25.0 Å². The number of amides is 1. The molecule has 0 spiro atoms. The highest BCUT2D eigenvalue weighted by atomic mass is 16.2. The van der Waals surface area contributed by atoms with Crippen molar-refractivity contribution in [2.24, 2.45) is 5.92 Å². The first kappa shape index (κ1) is 14.1. The molecular formula is C16H24N2O. The van der Waals surface area contributed by atoms with Gasteiger partial charge in [0, 0.05) is 19.2 Å². The number of carbonyl (C=O) groups excluding carboxylic acids is 1. The van der Waals surface area contributed by atoms with Gasteiger partial charge in [0.15, 0.2) is 0 Å². The quantitative estimate of drug-likeness (QED) is 0.903. The summed E-state index contributed by atoms with van der Waals surface area (Å²) >= 11 is 0. The van der Waals surface area contributed by atoms with Gasteiger partial charge < -0.3 is 10.2 Å². The van der Waals surface area contributed by atoms with Crippen LogP contribution in [-0.2, 0) is 4.79 Å². The molecule has 0 unspecified atom stereocenters. The summed E-state index contributed by atoms with van der Waals surface area (Å²) in [4.78, 5) is 14.0. The third-order valence-electron chi connectivity index (χ3n) is 3.99. The van der Waals surface area contributed by atoms with Gasteiger partial charge in [0.2, 0.25) is 5.91 Å². The normalized spacial score (nSPS) is 16.3. The zero-order valence-corrected chi connectivity index (χ0v) is 12.0. The van der Waals surface area contributed by atoms with Crippen molar-refractivity contribution in [1.29, 1.82) is 0 Å². The molecule has 3 heteroatoms. The smallest absolute Gasteiger partial charge is 0.226 e. The molecule has 1 aromatic carbocycles. The number of benzene rings is 1.